The van der Waals surface area contributed by atoms with Crippen LogP contribution in [-0.4, -0.2) is 47.4 Å². The van der Waals surface area contributed by atoms with E-state index in [1.54, 1.807) is 24.5 Å². The number of aromatic nitrogens is 1. The summed E-state index contributed by atoms with van der Waals surface area (Å²) in [6.07, 6.45) is 6.08. The fourth-order valence-corrected chi connectivity index (χ4v) is 3.80. The number of benzene rings is 1. The third-order valence-corrected chi connectivity index (χ3v) is 5.66. The van der Waals surface area contributed by atoms with Gasteiger partial charge in [-0.2, -0.15) is 0 Å². The number of nitrogens with one attached hydrogen (secondary N) is 1. The number of nitrogens with zero attached hydrogens (tertiary/aromatic N) is 2. The zero-order valence-electron chi connectivity index (χ0n) is 15.1. The molecule has 1 aliphatic heterocycles. The quantitative estimate of drug-likeness (QED) is 0.882. The number of carbonyl (C=O) groups excluding carboxylic acids is 2. The first-order valence-corrected chi connectivity index (χ1v) is 9.33. The standard InChI is InChI=1S/C21H23N3O3/c25-19(15-27-17-4-2-1-3-5-17)24-12-8-21(9-13-24)14-18(21)23-20(26)16-6-10-22-11-7-16/h1-7,10-11,18H,8-9,12-15H2,(H,23,26). The van der Waals surface area contributed by atoms with Crippen LogP contribution in [0.3, 0.4) is 0 Å². The van der Waals surface area contributed by atoms with Gasteiger partial charge in [-0.15, -0.1) is 0 Å². The monoisotopic (exact) mass is 365 g/mol. The van der Waals surface area contributed by atoms with Crippen LogP contribution in [0.4, 0.5) is 0 Å². The normalized spacial score (nSPS) is 20.1. The lowest BCUT2D eigenvalue weighted by Gasteiger charge is -2.33. The van der Waals surface area contributed by atoms with Gasteiger partial charge >= 0.3 is 0 Å². The minimum atomic E-state index is -0.0472. The molecule has 6 heteroatoms. The lowest BCUT2D eigenvalue weighted by atomic mass is 9.92. The number of piperidine rings is 1. The van der Waals surface area contributed by atoms with E-state index in [9.17, 15) is 9.59 Å². The Balaban J connectivity index is 1.23. The third-order valence-electron chi connectivity index (χ3n) is 5.66. The molecule has 4 rings (SSSR count). The molecule has 2 fully saturated rings. The van der Waals surface area contributed by atoms with Crippen molar-refractivity contribution in [2.75, 3.05) is 19.7 Å². The number of carbonyl (C=O) groups is 2. The predicted molar refractivity (Wildman–Crippen MR) is 100 cm³/mol. The topological polar surface area (TPSA) is 71.5 Å². The summed E-state index contributed by atoms with van der Waals surface area (Å²) in [5.74, 6) is 0.682. The lowest BCUT2D eigenvalue weighted by molar-refractivity contribution is -0.135. The summed E-state index contributed by atoms with van der Waals surface area (Å²) in [4.78, 5) is 30.5. The van der Waals surface area contributed by atoms with Gasteiger partial charge < -0.3 is 15.0 Å². The SMILES string of the molecule is O=C(NC1CC12CCN(C(=O)COc1ccccc1)CC2)c1ccncc1. The summed E-state index contributed by atoms with van der Waals surface area (Å²) in [6, 6.07) is 13.0. The number of ether oxygens (including phenoxy) is 1. The van der Waals surface area contributed by atoms with Crippen LogP contribution < -0.4 is 10.1 Å². The first-order chi connectivity index (χ1) is 13.2. The summed E-state index contributed by atoms with van der Waals surface area (Å²) >= 11 is 0. The van der Waals surface area contributed by atoms with E-state index in [0.29, 0.717) is 11.3 Å². The molecule has 0 radical (unpaired) electrons. The highest BCUT2D eigenvalue weighted by Crippen LogP contribution is 2.53. The second-order valence-electron chi connectivity index (χ2n) is 7.31. The van der Waals surface area contributed by atoms with Gasteiger partial charge in [-0.1, -0.05) is 18.2 Å². The number of para-hydroxylation sites is 1. The molecule has 0 bridgehead atoms. The van der Waals surface area contributed by atoms with Crippen molar-refractivity contribution < 1.29 is 14.3 Å². The summed E-state index contributed by atoms with van der Waals surface area (Å²) in [6.45, 7) is 1.51. The highest BCUT2D eigenvalue weighted by atomic mass is 16.5. The maximum absolute atomic E-state index is 12.4. The Morgan fingerprint density at radius 3 is 2.52 bits per heavy atom. The van der Waals surface area contributed by atoms with E-state index in [1.165, 1.54) is 0 Å². The highest BCUT2D eigenvalue weighted by molar-refractivity contribution is 5.94. The molecular formula is C21H23N3O3. The lowest BCUT2D eigenvalue weighted by Crippen LogP contribution is -2.43. The number of amides is 2. The molecule has 1 atom stereocenters. The van der Waals surface area contributed by atoms with E-state index < -0.39 is 0 Å². The van der Waals surface area contributed by atoms with E-state index in [-0.39, 0.29) is 29.9 Å². The fourth-order valence-electron chi connectivity index (χ4n) is 3.80. The molecule has 2 aliphatic rings. The van der Waals surface area contributed by atoms with Gasteiger partial charge in [-0.05, 0) is 48.9 Å². The fraction of sp³-hybridized carbons (Fsp3) is 0.381. The maximum Gasteiger partial charge on any atom is 0.260 e. The second kappa shape index (κ2) is 7.39. The van der Waals surface area contributed by atoms with Crippen molar-refractivity contribution in [2.24, 2.45) is 5.41 Å². The Hall–Kier alpha value is -2.89. The van der Waals surface area contributed by atoms with Crippen molar-refractivity contribution in [3.8, 4) is 5.75 Å². The van der Waals surface area contributed by atoms with Gasteiger partial charge in [0.25, 0.3) is 11.8 Å². The maximum atomic E-state index is 12.4. The smallest absolute Gasteiger partial charge is 0.260 e. The number of likely N-dealkylation sites (tertiary alicyclic amines) is 1. The molecule has 1 spiro atoms. The summed E-state index contributed by atoms with van der Waals surface area (Å²) in [7, 11) is 0. The molecule has 1 N–H and O–H groups in total. The summed E-state index contributed by atoms with van der Waals surface area (Å²) < 4.78 is 5.56. The number of hydrogen-bond donors (Lipinski definition) is 1. The number of rotatable bonds is 5. The van der Waals surface area contributed by atoms with Crippen molar-refractivity contribution in [2.45, 2.75) is 25.3 Å². The average Bonchev–Trinajstić information content (AvgIpc) is 3.38. The van der Waals surface area contributed by atoms with Crippen LogP contribution in [0, 0.1) is 5.41 Å². The zero-order chi connectivity index (χ0) is 18.7. The minimum Gasteiger partial charge on any atom is -0.484 e. The summed E-state index contributed by atoms with van der Waals surface area (Å²) in [5, 5.41) is 3.13. The van der Waals surface area contributed by atoms with Gasteiger partial charge in [-0.3, -0.25) is 14.6 Å². The van der Waals surface area contributed by atoms with Crippen LogP contribution in [0.25, 0.3) is 0 Å². The number of hydrogen-bond acceptors (Lipinski definition) is 4. The van der Waals surface area contributed by atoms with Gasteiger partial charge in [0.2, 0.25) is 0 Å². The van der Waals surface area contributed by atoms with Gasteiger partial charge in [0.15, 0.2) is 6.61 Å². The molecule has 1 saturated heterocycles. The molecule has 1 aromatic heterocycles. The molecule has 2 aromatic rings. The Kier molecular flexibility index (Phi) is 4.79. The molecule has 27 heavy (non-hydrogen) atoms. The number of pyridine rings is 1. The third kappa shape index (κ3) is 3.94. The Labute approximate surface area is 158 Å². The molecule has 2 amide bonds. The van der Waals surface area contributed by atoms with Crippen LogP contribution in [0.2, 0.25) is 0 Å². The Bertz CT molecular complexity index is 802. The predicted octanol–water partition coefficient (Wildman–Crippen LogP) is 2.27. The zero-order valence-corrected chi connectivity index (χ0v) is 15.1. The van der Waals surface area contributed by atoms with Gasteiger partial charge in [0.05, 0.1) is 0 Å². The van der Waals surface area contributed by atoms with Crippen molar-refractivity contribution in [1.82, 2.24) is 15.2 Å². The van der Waals surface area contributed by atoms with E-state index in [2.05, 4.69) is 10.3 Å². The molecular weight excluding hydrogens is 342 g/mol. The van der Waals surface area contributed by atoms with E-state index >= 15 is 0 Å². The molecule has 1 aromatic carbocycles. The van der Waals surface area contributed by atoms with Gasteiger partial charge in [0, 0.05) is 37.1 Å². The second-order valence-corrected chi connectivity index (χ2v) is 7.31. The first kappa shape index (κ1) is 17.5. The van der Waals surface area contributed by atoms with Gasteiger partial charge in [0.1, 0.15) is 5.75 Å². The molecule has 1 aliphatic carbocycles. The Morgan fingerprint density at radius 2 is 1.81 bits per heavy atom. The van der Waals surface area contributed by atoms with Crippen LogP contribution in [0.1, 0.15) is 29.6 Å². The van der Waals surface area contributed by atoms with E-state index in [1.807, 2.05) is 35.2 Å². The van der Waals surface area contributed by atoms with Crippen molar-refractivity contribution in [1.29, 1.82) is 0 Å². The molecule has 1 unspecified atom stereocenters. The van der Waals surface area contributed by atoms with Gasteiger partial charge in [-0.25, -0.2) is 0 Å². The van der Waals surface area contributed by atoms with Crippen LogP contribution in [0.15, 0.2) is 54.9 Å². The largest absolute Gasteiger partial charge is 0.484 e. The average molecular weight is 365 g/mol. The van der Waals surface area contributed by atoms with Crippen molar-refractivity contribution in [3.05, 3.63) is 60.4 Å². The van der Waals surface area contributed by atoms with Crippen LogP contribution in [0.5, 0.6) is 5.75 Å². The molecule has 140 valence electrons. The van der Waals surface area contributed by atoms with E-state index in [0.717, 1.165) is 32.4 Å². The first-order valence-electron chi connectivity index (χ1n) is 9.33. The highest BCUT2D eigenvalue weighted by Gasteiger charge is 2.55. The van der Waals surface area contributed by atoms with Crippen LogP contribution in [-0.2, 0) is 4.79 Å². The summed E-state index contributed by atoms with van der Waals surface area (Å²) in [5.41, 5.74) is 0.789. The minimum absolute atomic E-state index is 0.0201. The van der Waals surface area contributed by atoms with Crippen LogP contribution >= 0.6 is 0 Å². The van der Waals surface area contributed by atoms with E-state index in [4.69, 9.17) is 4.74 Å². The molecule has 2 heterocycles. The molecule has 6 nitrogen and oxygen atoms in total. The van der Waals surface area contributed by atoms with Crippen molar-refractivity contribution in [3.63, 3.8) is 0 Å². The molecule has 1 saturated carbocycles. The van der Waals surface area contributed by atoms with Crippen molar-refractivity contribution >= 4 is 11.8 Å². The Morgan fingerprint density at radius 1 is 1.11 bits per heavy atom.